The molecule has 0 spiro atoms. The van der Waals surface area contributed by atoms with E-state index in [1.807, 2.05) is 0 Å². The first-order valence-electron chi connectivity index (χ1n) is 5.50. The smallest absolute Gasteiger partial charge is 0.309 e. The molecule has 104 valence electrons. The molecule has 1 aromatic heterocycles. The molecule has 0 saturated heterocycles. The molecule has 0 fully saturated rings. The van der Waals surface area contributed by atoms with Crippen molar-refractivity contribution in [3.63, 3.8) is 0 Å². The lowest BCUT2D eigenvalue weighted by Gasteiger charge is -2.08. The van der Waals surface area contributed by atoms with Crippen molar-refractivity contribution >= 4 is 46.5 Å². The lowest BCUT2D eigenvalue weighted by Crippen LogP contribution is -2.06. The number of hydrogen-bond acceptors (Lipinski definition) is 3. The SMILES string of the molecule is Nc1ccc(-c2cc(Cl)c(Cl)c(Cl)c2)nc1CC(=O)O. The minimum Gasteiger partial charge on any atom is -0.481 e. The molecule has 20 heavy (non-hydrogen) atoms. The second-order valence-corrected chi connectivity index (χ2v) is 5.25. The van der Waals surface area contributed by atoms with Gasteiger partial charge < -0.3 is 10.8 Å². The molecular weight excluding hydrogens is 323 g/mol. The summed E-state index contributed by atoms with van der Waals surface area (Å²) in [6.45, 7) is 0. The number of nitrogens with zero attached hydrogens (tertiary/aromatic N) is 1. The number of carboxylic acid groups (broad SMARTS) is 1. The first-order valence-corrected chi connectivity index (χ1v) is 6.64. The van der Waals surface area contributed by atoms with Crippen LogP contribution in [0.1, 0.15) is 5.69 Å². The molecule has 1 heterocycles. The summed E-state index contributed by atoms with van der Waals surface area (Å²) < 4.78 is 0. The molecule has 0 aliphatic carbocycles. The topological polar surface area (TPSA) is 76.2 Å². The Labute approximate surface area is 130 Å². The Balaban J connectivity index is 2.50. The zero-order valence-corrected chi connectivity index (χ0v) is 12.3. The minimum atomic E-state index is -1.01. The minimum absolute atomic E-state index is 0.255. The number of hydrogen-bond donors (Lipinski definition) is 2. The third-order valence-corrected chi connectivity index (χ3v) is 3.80. The molecule has 0 atom stereocenters. The van der Waals surface area contributed by atoms with Crippen molar-refractivity contribution in [2.75, 3.05) is 5.73 Å². The highest BCUT2D eigenvalue weighted by Crippen LogP contribution is 2.34. The third kappa shape index (κ3) is 3.15. The second-order valence-electron chi connectivity index (χ2n) is 4.06. The van der Waals surface area contributed by atoms with Crippen molar-refractivity contribution in [1.82, 2.24) is 4.98 Å². The summed E-state index contributed by atoms with van der Waals surface area (Å²) in [6, 6.07) is 6.48. The average molecular weight is 332 g/mol. The summed E-state index contributed by atoms with van der Waals surface area (Å²) in [5.41, 5.74) is 7.47. The van der Waals surface area contributed by atoms with E-state index in [-0.39, 0.29) is 17.1 Å². The maximum absolute atomic E-state index is 10.8. The van der Waals surface area contributed by atoms with Gasteiger partial charge in [0.25, 0.3) is 0 Å². The van der Waals surface area contributed by atoms with Crippen LogP contribution in [0.3, 0.4) is 0 Å². The Morgan fingerprint density at radius 1 is 1.20 bits per heavy atom. The van der Waals surface area contributed by atoms with Crippen LogP contribution in [-0.2, 0) is 11.2 Å². The van der Waals surface area contributed by atoms with Crippen molar-refractivity contribution < 1.29 is 9.90 Å². The highest BCUT2D eigenvalue weighted by Gasteiger charge is 2.12. The first-order chi connectivity index (χ1) is 9.38. The Morgan fingerprint density at radius 3 is 2.35 bits per heavy atom. The van der Waals surface area contributed by atoms with Crippen LogP contribution in [0.15, 0.2) is 24.3 Å². The molecular formula is C13H9Cl3N2O2. The monoisotopic (exact) mass is 330 g/mol. The van der Waals surface area contributed by atoms with Crippen LogP contribution in [0.25, 0.3) is 11.3 Å². The standard InChI is InChI=1S/C13H9Cl3N2O2/c14-7-3-6(4-8(15)13(7)16)10-2-1-9(17)11(18-10)5-12(19)20/h1-4H,5,17H2,(H,19,20). The molecule has 0 unspecified atom stereocenters. The molecule has 0 aliphatic rings. The number of anilines is 1. The van der Waals surface area contributed by atoms with Crippen LogP contribution in [0, 0.1) is 0 Å². The molecule has 0 aliphatic heterocycles. The van der Waals surface area contributed by atoms with Crippen molar-refractivity contribution in [2.24, 2.45) is 0 Å². The summed E-state index contributed by atoms with van der Waals surface area (Å²) in [5, 5.41) is 9.68. The number of aliphatic carboxylic acids is 1. The number of pyridine rings is 1. The molecule has 1 aromatic carbocycles. The average Bonchev–Trinajstić information content (AvgIpc) is 2.37. The highest BCUT2D eigenvalue weighted by atomic mass is 35.5. The number of rotatable bonds is 3. The lowest BCUT2D eigenvalue weighted by atomic mass is 10.1. The molecule has 0 radical (unpaired) electrons. The van der Waals surface area contributed by atoms with Crippen LogP contribution < -0.4 is 5.73 Å². The summed E-state index contributed by atoms with van der Waals surface area (Å²) in [5.74, 6) is -1.01. The van der Waals surface area contributed by atoms with Gasteiger partial charge in [-0.15, -0.1) is 0 Å². The van der Waals surface area contributed by atoms with Crippen LogP contribution in [0.4, 0.5) is 5.69 Å². The number of aromatic nitrogens is 1. The van der Waals surface area contributed by atoms with Crippen molar-refractivity contribution in [3.8, 4) is 11.3 Å². The largest absolute Gasteiger partial charge is 0.481 e. The molecule has 0 saturated carbocycles. The van der Waals surface area contributed by atoms with E-state index in [4.69, 9.17) is 45.6 Å². The van der Waals surface area contributed by atoms with E-state index in [0.717, 1.165) is 0 Å². The highest BCUT2D eigenvalue weighted by molar-refractivity contribution is 6.48. The molecule has 7 heteroatoms. The Kier molecular flexibility index (Phi) is 4.38. The molecule has 4 nitrogen and oxygen atoms in total. The predicted octanol–water partition coefficient (Wildman–Crippen LogP) is 3.92. The van der Waals surface area contributed by atoms with E-state index in [1.54, 1.807) is 24.3 Å². The van der Waals surface area contributed by atoms with Gasteiger partial charge in [-0.3, -0.25) is 9.78 Å². The second kappa shape index (κ2) is 5.87. The van der Waals surface area contributed by atoms with Gasteiger partial charge in [-0.25, -0.2) is 0 Å². The number of halogens is 3. The van der Waals surface area contributed by atoms with Crippen LogP contribution >= 0.6 is 34.8 Å². The van der Waals surface area contributed by atoms with Gasteiger partial charge in [0.1, 0.15) is 0 Å². The number of carbonyl (C=O) groups is 1. The van der Waals surface area contributed by atoms with Gasteiger partial charge in [-0.2, -0.15) is 0 Å². The quantitative estimate of drug-likeness (QED) is 0.836. The van der Waals surface area contributed by atoms with Crippen molar-refractivity contribution in [2.45, 2.75) is 6.42 Å². The Bertz CT molecular complexity index is 666. The Hall–Kier alpha value is -1.49. The van der Waals surface area contributed by atoms with Crippen molar-refractivity contribution in [1.29, 1.82) is 0 Å². The van der Waals surface area contributed by atoms with Gasteiger partial charge in [-0.1, -0.05) is 34.8 Å². The summed E-state index contributed by atoms with van der Waals surface area (Å²) in [7, 11) is 0. The first kappa shape index (κ1) is 14.9. The van der Waals surface area contributed by atoms with Gasteiger partial charge in [0.05, 0.1) is 38.6 Å². The maximum atomic E-state index is 10.8. The molecule has 0 amide bonds. The van der Waals surface area contributed by atoms with E-state index in [0.29, 0.717) is 27.0 Å². The number of nitrogens with two attached hydrogens (primary N) is 1. The fourth-order valence-electron chi connectivity index (χ4n) is 1.66. The summed E-state index contributed by atoms with van der Waals surface area (Å²) >= 11 is 17.8. The molecule has 2 aromatic rings. The van der Waals surface area contributed by atoms with Crippen LogP contribution in [0.5, 0.6) is 0 Å². The molecule has 0 bridgehead atoms. The Morgan fingerprint density at radius 2 is 1.80 bits per heavy atom. The summed E-state index contributed by atoms with van der Waals surface area (Å²) in [4.78, 5) is 15.0. The van der Waals surface area contributed by atoms with E-state index in [2.05, 4.69) is 4.98 Å². The third-order valence-electron chi connectivity index (χ3n) is 2.61. The van der Waals surface area contributed by atoms with E-state index in [1.165, 1.54) is 0 Å². The van der Waals surface area contributed by atoms with E-state index < -0.39 is 5.97 Å². The lowest BCUT2D eigenvalue weighted by molar-refractivity contribution is -0.136. The van der Waals surface area contributed by atoms with E-state index in [9.17, 15) is 4.79 Å². The fourth-order valence-corrected chi connectivity index (χ4v) is 2.26. The van der Waals surface area contributed by atoms with Gasteiger partial charge in [0, 0.05) is 5.56 Å². The van der Waals surface area contributed by atoms with E-state index >= 15 is 0 Å². The molecule has 3 N–H and O–H groups in total. The van der Waals surface area contributed by atoms with Gasteiger partial charge >= 0.3 is 5.97 Å². The van der Waals surface area contributed by atoms with Gasteiger partial charge in [0.15, 0.2) is 0 Å². The number of nitrogen functional groups attached to an aromatic ring is 1. The zero-order chi connectivity index (χ0) is 14.9. The number of carboxylic acids is 1. The number of benzene rings is 1. The fraction of sp³-hybridized carbons (Fsp3) is 0.0769. The predicted molar refractivity (Wildman–Crippen MR) is 80.5 cm³/mol. The molecule has 2 rings (SSSR count). The summed E-state index contributed by atoms with van der Waals surface area (Å²) in [6.07, 6.45) is -0.255. The van der Waals surface area contributed by atoms with Crippen molar-refractivity contribution in [3.05, 3.63) is 45.0 Å². The van der Waals surface area contributed by atoms with Crippen LogP contribution in [0.2, 0.25) is 15.1 Å². The van der Waals surface area contributed by atoms with Crippen LogP contribution in [-0.4, -0.2) is 16.1 Å². The van der Waals surface area contributed by atoms with Gasteiger partial charge in [-0.05, 0) is 24.3 Å². The maximum Gasteiger partial charge on any atom is 0.309 e. The normalized spacial score (nSPS) is 10.6. The zero-order valence-electron chi connectivity index (χ0n) is 10.0. The van der Waals surface area contributed by atoms with Gasteiger partial charge in [0.2, 0.25) is 0 Å².